The van der Waals surface area contributed by atoms with Crippen LogP contribution < -0.4 is 11.2 Å². The number of guanidine groups is 1. The Morgan fingerprint density at radius 1 is 1.31 bits per heavy atom. The van der Waals surface area contributed by atoms with Crippen molar-refractivity contribution in [1.29, 1.82) is 0 Å². The van der Waals surface area contributed by atoms with Gasteiger partial charge < -0.3 is 5.73 Å². The van der Waals surface area contributed by atoms with Crippen molar-refractivity contribution in [2.45, 2.75) is 0 Å². The smallest absolute Gasteiger partial charge is 0.242 e. The molecule has 0 amide bonds. The first-order chi connectivity index (χ1) is 6.25. The Labute approximate surface area is 73.2 Å². The Hall–Kier alpha value is -1.98. The predicted molar refractivity (Wildman–Crippen MR) is 44.5 cm³/mol. The molecule has 1 aromatic heterocycles. The largest absolute Gasteiger partial charge is 0.366 e. The lowest BCUT2D eigenvalue weighted by molar-refractivity contribution is 0.621. The molecule has 2 rings (SSSR count). The molecule has 1 radical (unpaired) electrons. The second-order valence-corrected chi connectivity index (χ2v) is 2.36. The van der Waals surface area contributed by atoms with E-state index in [9.17, 15) is 4.39 Å². The lowest BCUT2D eigenvalue weighted by atomic mass is 10.3. The Morgan fingerprint density at radius 3 is 2.69 bits per heavy atom. The van der Waals surface area contributed by atoms with Crippen molar-refractivity contribution in [3.8, 4) is 0 Å². The van der Waals surface area contributed by atoms with E-state index in [0.29, 0.717) is 11.5 Å². The summed E-state index contributed by atoms with van der Waals surface area (Å²) in [7, 11) is 0. The van der Waals surface area contributed by atoms with Crippen molar-refractivity contribution in [1.82, 2.24) is 10.4 Å². The zero-order valence-electron chi connectivity index (χ0n) is 6.48. The Bertz CT molecular complexity index is 380. The molecule has 5 nitrogen and oxygen atoms in total. The lowest BCUT2D eigenvalue weighted by Crippen LogP contribution is -2.16. The summed E-state index contributed by atoms with van der Waals surface area (Å²) in [5, 5.41) is 3.64. The summed E-state index contributed by atoms with van der Waals surface area (Å²) in [6.07, 6.45) is 1.09. The second-order valence-electron chi connectivity index (χ2n) is 2.36. The van der Waals surface area contributed by atoms with Crippen LogP contribution >= 0.6 is 0 Å². The fourth-order valence-electron chi connectivity index (χ4n) is 0.868. The second kappa shape index (κ2) is 2.81. The summed E-state index contributed by atoms with van der Waals surface area (Å²) in [4.78, 5) is 7.55. The maximum absolute atomic E-state index is 12.5. The van der Waals surface area contributed by atoms with E-state index < -0.39 is 5.82 Å². The van der Waals surface area contributed by atoms with Gasteiger partial charge in [0.2, 0.25) is 11.8 Å². The number of rotatable bonds is 1. The third-order valence-corrected chi connectivity index (χ3v) is 1.42. The zero-order chi connectivity index (χ0) is 9.26. The van der Waals surface area contributed by atoms with Crippen LogP contribution in [0.25, 0.3) is 0 Å². The topological polar surface area (TPSA) is 77.7 Å². The number of nitrogens with two attached hydrogens (primary N) is 1. The summed E-state index contributed by atoms with van der Waals surface area (Å²) < 4.78 is 12.5. The first kappa shape index (κ1) is 7.66. The number of hydrogen-bond acceptors (Lipinski definition) is 4. The van der Waals surface area contributed by atoms with E-state index in [2.05, 4.69) is 20.5 Å². The van der Waals surface area contributed by atoms with Crippen LogP contribution in [0.1, 0.15) is 5.69 Å². The molecule has 2 heterocycles. The van der Waals surface area contributed by atoms with Gasteiger partial charge in [-0.25, -0.2) is 9.37 Å². The van der Waals surface area contributed by atoms with Crippen molar-refractivity contribution >= 4 is 11.8 Å². The highest BCUT2D eigenvalue weighted by Crippen LogP contribution is 2.03. The van der Waals surface area contributed by atoms with Gasteiger partial charge in [-0.05, 0) is 12.1 Å². The average Bonchev–Trinajstić information content (AvgIpc) is 2.53. The maximum Gasteiger partial charge on any atom is 0.242 e. The average molecular weight is 178 g/mol. The fraction of sp³-hybridized carbons (Fsp3) is 0. The first-order valence-corrected chi connectivity index (χ1v) is 3.50. The molecule has 0 aromatic carbocycles. The van der Waals surface area contributed by atoms with Gasteiger partial charge in [0.1, 0.15) is 11.5 Å². The van der Waals surface area contributed by atoms with Crippen LogP contribution in [-0.2, 0) is 0 Å². The number of pyridine rings is 1. The van der Waals surface area contributed by atoms with Gasteiger partial charge in [-0.15, -0.1) is 10.5 Å². The molecule has 6 heteroatoms. The fourth-order valence-corrected chi connectivity index (χ4v) is 0.868. The molecule has 0 saturated heterocycles. The van der Waals surface area contributed by atoms with E-state index in [1.54, 1.807) is 0 Å². The van der Waals surface area contributed by atoms with Gasteiger partial charge in [0.05, 0.1) is 6.20 Å². The number of aromatic nitrogens is 1. The molecular formula is C7H5FN5. The van der Waals surface area contributed by atoms with Gasteiger partial charge in [-0.3, -0.25) is 0 Å². The quantitative estimate of drug-likeness (QED) is 0.647. The normalized spacial score (nSPS) is 14.8. The van der Waals surface area contributed by atoms with Gasteiger partial charge >= 0.3 is 0 Å². The van der Waals surface area contributed by atoms with Gasteiger partial charge in [-0.2, -0.15) is 4.99 Å². The highest BCUT2D eigenvalue weighted by Gasteiger charge is 2.11. The number of hydrogen-bond donors (Lipinski definition) is 1. The molecule has 1 aliphatic heterocycles. The highest BCUT2D eigenvalue weighted by atomic mass is 19.1. The summed E-state index contributed by atoms with van der Waals surface area (Å²) in [6.45, 7) is 0. The third kappa shape index (κ3) is 1.46. The van der Waals surface area contributed by atoms with Gasteiger partial charge in [0.25, 0.3) is 0 Å². The molecule has 1 aliphatic rings. The molecule has 0 aliphatic carbocycles. The minimum absolute atomic E-state index is 0.0844. The minimum Gasteiger partial charge on any atom is -0.366 e. The summed E-state index contributed by atoms with van der Waals surface area (Å²) >= 11 is 0. The van der Waals surface area contributed by atoms with Crippen LogP contribution in [-0.4, -0.2) is 16.8 Å². The molecular weight excluding hydrogens is 173 g/mol. The van der Waals surface area contributed by atoms with Crippen molar-refractivity contribution in [2.24, 2.45) is 15.8 Å². The molecule has 0 bridgehead atoms. The van der Waals surface area contributed by atoms with Crippen molar-refractivity contribution in [3.63, 3.8) is 0 Å². The minimum atomic E-state index is -0.406. The highest BCUT2D eigenvalue weighted by molar-refractivity contribution is 6.07. The molecule has 0 unspecified atom stereocenters. The zero-order valence-corrected chi connectivity index (χ0v) is 6.48. The standard InChI is InChI=1S/C7H5FN5/c8-4-1-2-5(10-3-4)6-11-7(9)13-12-6/h1-3H,(H2,9,11,12). The van der Waals surface area contributed by atoms with Crippen molar-refractivity contribution in [2.75, 3.05) is 0 Å². The molecule has 1 aromatic rings. The molecule has 65 valence electrons. The van der Waals surface area contributed by atoms with Crippen LogP contribution in [0.2, 0.25) is 0 Å². The lowest BCUT2D eigenvalue weighted by Gasteiger charge is -1.93. The molecule has 0 spiro atoms. The van der Waals surface area contributed by atoms with Crippen molar-refractivity contribution < 1.29 is 4.39 Å². The van der Waals surface area contributed by atoms with Crippen LogP contribution in [0.15, 0.2) is 28.4 Å². The van der Waals surface area contributed by atoms with Crippen LogP contribution in [0.5, 0.6) is 0 Å². The van der Waals surface area contributed by atoms with Crippen LogP contribution in [0.3, 0.4) is 0 Å². The summed E-state index contributed by atoms with van der Waals surface area (Å²) in [6, 6.07) is 2.74. The van der Waals surface area contributed by atoms with Gasteiger partial charge in [0, 0.05) is 0 Å². The Morgan fingerprint density at radius 2 is 2.15 bits per heavy atom. The third-order valence-electron chi connectivity index (χ3n) is 1.42. The van der Waals surface area contributed by atoms with E-state index in [1.807, 2.05) is 0 Å². The van der Waals surface area contributed by atoms with E-state index >= 15 is 0 Å². The number of nitrogens with zero attached hydrogens (tertiary/aromatic N) is 4. The molecule has 0 saturated carbocycles. The van der Waals surface area contributed by atoms with Crippen LogP contribution in [0.4, 0.5) is 4.39 Å². The molecule has 13 heavy (non-hydrogen) atoms. The molecule has 2 N–H and O–H groups in total. The van der Waals surface area contributed by atoms with Gasteiger partial charge in [-0.1, -0.05) is 0 Å². The molecule has 0 atom stereocenters. The monoisotopic (exact) mass is 178 g/mol. The Balaban J connectivity index is 2.32. The predicted octanol–water partition coefficient (Wildman–Crippen LogP) is -0.185. The van der Waals surface area contributed by atoms with E-state index in [1.165, 1.54) is 12.1 Å². The number of halogens is 1. The first-order valence-electron chi connectivity index (χ1n) is 3.50. The van der Waals surface area contributed by atoms with Crippen LogP contribution in [0, 0.1) is 5.82 Å². The SMILES string of the molecule is NC1=NC(c2ccc(F)cn2)=N[N]1. The van der Waals surface area contributed by atoms with Gasteiger partial charge in [0.15, 0.2) is 0 Å². The maximum atomic E-state index is 12.5. The number of amidine groups is 1. The Kier molecular flexibility index (Phi) is 1.66. The van der Waals surface area contributed by atoms with E-state index in [4.69, 9.17) is 5.73 Å². The summed E-state index contributed by atoms with van der Waals surface area (Å²) in [5.41, 5.74) is 9.21. The van der Waals surface area contributed by atoms with E-state index in [-0.39, 0.29) is 5.96 Å². The van der Waals surface area contributed by atoms with Crippen molar-refractivity contribution in [3.05, 3.63) is 29.8 Å². The summed E-state index contributed by atoms with van der Waals surface area (Å²) in [5.74, 6) is -0.0186. The molecule has 0 fully saturated rings. The van der Waals surface area contributed by atoms with E-state index in [0.717, 1.165) is 6.20 Å². The number of aliphatic imine (C=N–C) groups is 1.